The number of nitrogens with two attached hydrogens (primary N) is 3. The zero-order valence-corrected chi connectivity index (χ0v) is 17.6. The van der Waals surface area contributed by atoms with Gasteiger partial charge < -0.3 is 43.4 Å². The molecule has 0 aromatic heterocycles. The highest BCUT2D eigenvalue weighted by molar-refractivity contribution is 7.98. The lowest BCUT2D eigenvalue weighted by atomic mass is 10.1. The first kappa shape index (κ1) is 27.4. The molecule has 13 nitrogen and oxygen atoms in total. The van der Waals surface area contributed by atoms with Gasteiger partial charge in [-0.2, -0.15) is 11.8 Å². The minimum absolute atomic E-state index is 0.0560. The van der Waals surface area contributed by atoms with Gasteiger partial charge in [-0.05, 0) is 31.3 Å². The molecule has 3 unspecified atom stereocenters. The summed E-state index contributed by atoms with van der Waals surface area (Å²) in [6.07, 6.45) is 2.92. The van der Waals surface area contributed by atoms with Crippen LogP contribution < -0.4 is 33.2 Å². The first-order valence-corrected chi connectivity index (χ1v) is 10.5. The summed E-state index contributed by atoms with van der Waals surface area (Å²) in [5, 5.41) is 24.6. The van der Waals surface area contributed by atoms with E-state index >= 15 is 0 Å². The number of carbonyl (C=O) groups excluding carboxylic acids is 3. The second-order valence-electron chi connectivity index (χ2n) is 6.26. The van der Waals surface area contributed by atoms with Gasteiger partial charge in [0.05, 0.1) is 19.2 Å². The smallest absolute Gasteiger partial charge is 0.328 e. The standard InChI is InChI=1S/C16H31N7O6S/c1-30-6-4-10(23-13(26)9(17)3-2-5-20-16(18)19)14(27)21-7-12(25)22-11(8-24)15(28)29/h9-11,24H,2-8,17H2,1H3,(H,21,27)(H,22,25)(H,23,26)(H,28,29)(H4,18,19,20). The predicted octanol–water partition coefficient (Wildman–Crippen LogP) is -3.72. The second kappa shape index (κ2) is 15.3. The maximum atomic E-state index is 12.4. The summed E-state index contributed by atoms with van der Waals surface area (Å²) >= 11 is 1.47. The molecule has 0 aliphatic rings. The molecule has 0 aliphatic heterocycles. The first-order chi connectivity index (χ1) is 14.1. The van der Waals surface area contributed by atoms with Crippen molar-refractivity contribution in [3.05, 3.63) is 0 Å². The number of carboxylic acids is 1. The minimum atomic E-state index is -1.47. The number of aliphatic hydroxyl groups is 1. The largest absolute Gasteiger partial charge is 0.480 e. The third-order valence-electron chi connectivity index (χ3n) is 3.79. The number of carboxylic acid groups (broad SMARTS) is 1. The van der Waals surface area contributed by atoms with E-state index in [1.54, 1.807) is 0 Å². The van der Waals surface area contributed by atoms with Crippen LogP contribution in [-0.4, -0.2) is 89.7 Å². The number of amides is 3. The van der Waals surface area contributed by atoms with E-state index in [9.17, 15) is 19.2 Å². The third-order valence-corrected chi connectivity index (χ3v) is 4.43. The van der Waals surface area contributed by atoms with Crippen molar-refractivity contribution in [2.24, 2.45) is 22.2 Å². The lowest BCUT2D eigenvalue weighted by molar-refractivity contribution is -0.142. The third kappa shape index (κ3) is 12.1. The van der Waals surface area contributed by atoms with E-state index < -0.39 is 55.0 Å². The average molecular weight is 450 g/mol. The molecular weight excluding hydrogens is 418 g/mol. The molecule has 0 saturated heterocycles. The van der Waals surface area contributed by atoms with Crippen molar-refractivity contribution in [2.75, 3.05) is 31.7 Å². The number of rotatable bonds is 15. The molecule has 172 valence electrons. The Morgan fingerprint density at radius 1 is 1.07 bits per heavy atom. The number of hydrogen-bond acceptors (Lipinski definition) is 8. The monoisotopic (exact) mass is 449 g/mol. The van der Waals surface area contributed by atoms with Gasteiger partial charge >= 0.3 is 5.97 Å². The molecule has 0 radical (unpaired) electrons. The fraction of sp³-hybridized carbons (Fsp3) is 0.688. The van der Waals surface area contributed by atoms with Crippen molar-refractivity contribution in [1.29, 1.82) is 0 Å². The van der Waals surface area contributed by atoms with Crippen LogP contribution in [0.3, 0.4) is 0 Å². The number of thioether (sulfide) groups is 1. The molecule has 3 amide bonds. The normalized spacial score (nSPS) is 13.4. The molecule has 0 aromatic carbocycles. The average Bonchev–Trinajstić information content (AvgIpc) is 2.69. The van der Waals surface area contributed by atoms with Crippen molar-refractivity contribution < 1.29 is 29.4 Å². The Bertz CT molecular complexity index is 615. The number of hydrogen-bond donors (Lipinski definition) is 8. The van der Waals surface area contributed by atoms with Crippen molar-refractivity contribution in [3.8, 4) is 0 Å². The highest BCUT2D eigenvalue weighted by Crippen LogP contribution is 2.03. The number of nitrogens with zero attached hydrogens (tertiary/aromatic N) is 1. The minimum Gasteiger partial charge on any atom is -0.480 e. The molecule has 11 N–H and O–H groups in total. The Morgan fingerprint density at radius 2 is 1.73 bits per heavy atom. The summed E-state index contributed by atoms with van der Waals surface area (Å²) in [5.41, 5.74) is 16.3. The van der Waals surface area contributed by atoms with Gasteiger partial charge in [0.15, 0.2) is 5.96 Å². The van der Waals surface area contributed by atoms with Crippen LogP contribution in [0.5, 0.6) is 0 Å². The molecule has 0 spiro atoms. The van der Waals surface area contributed by atoms with Crippen molar-refractivity contribution >= 4 is 41.4 Å². The number of nitrogens with one attached hydrogen (secondary N) is 3. The van der Waals surface area contributed by atoms with E-state index in [2.05, 4.69) is 20.9 Å². The SMILES string of the molecule is CSCCC(NC(=O)C(N)CCCN=C(N)N)C(=O)NCC(=O)NC(CO)C(=O)O. The van der Waals surface area contributed by atoms with E-state index in [0.717, 1.165) is 0 Å². The Labute approximate surface area is 178 Å². The van der Waals surface area contributed by atoms with Crippen LogP contribution in [-0.2, 0) is 19.2 Å². The van der Waals surface area contributed by atoms with Gasteiger partial charge in [-0.25, -0.2) is 4.79 Å². The quantitative estimate of drug-likeness (QED) is 0.0691. The Balaban J connectivity index is 4.68. The van der Waals surface area contributed by atoms with Crippen LogP contribution in [0.25, 0.3) is 0 Å². The van der Waals surface area contributed by atoms with E-state index in [1.165, 1.54) is 11.8 Å². The summed E-state index contributed by atoms with van der Waals surface area (Å²) in [6, 6.07) is -3.26. The van der Waals surface area contributed by atoms with Crippen LogP contribution in [0.4, 0.5) is 0 Å². The summed E-state index contributed by atoms with van der Waals surface area (Å²) in [6.45, 7) is -0.985. The topological polar surface area (TPSA) is 235 Å². The number of aliphatic hydroxyl groups excluding tert-OH is 1. The van der Waals surface area contributed by atoms with Gasteiger partial charge in [-0.15, -0.1) is 0 Å². The molecule has 14 heteroatoms. The molecular formula is C16H31N7O6S. The summed E-state index contributed by atoms with van der Waals surface area (Å²) in [5.74, 6) is -2.84. The first-order valence-electron chi connectivity index (χ1n) is 9.13. The van der Waals surface area contributed by atoms with Crippen LogP contribution in [0.1, 0.15) is 19.3 Å². The summed E-state index contributed by atoms with van der Waals surface area (Å²) in [7, 11) is 0. The highest BCUT2D eigenvalue weighted by Gasteiger charge is 2.24. The summed E-state index contributed by atoms with van der Waals surface area (Å²) in [4.78, 5) is 51.0. The Morgan fingerprint density at radius 3 is 2.27 bits per heavy atom. The van der Waals surface area contributed by atoms with E-state index in [4.69, 9.17) is 27.4 Å². The van der Waals surface area contributed by atoms with Crippen LogP contribution in [0.15, 0.2) is 4.99 Å². The molecule has 0 fully saturated rings. The van der Waals surface area contributed by atoms with Gasteiger partial charge in [0.1, 0.15) is 12.1 Å². The van der Waals surface area contributed by atoms with Gasteiger partial charge in [0.25, 0.3) is 0 Å². The van der Waals surface area contributed by atoms with Gasteiger partial charge in [-0.3, -0.25) is 19.4 Å². The highest BCUT2D eigenvalue weighted by atomic mass is 32.2. The van der Waals surface area contributed by atoms with Crippen LogP contribution in [0, 0.1) is 0 Å². The van der Waals surface area contributed by atoms with Crippen molar-refractivity contribution in [3.63, 3.8) is 0 Å². The molecule has 0 aromatic rings. The predicted molar refractivity (Wildman–Crippen MR) is 112 cm³/mol. The fourth-order valence-electron chi connectivity index (χ4n) is 2.16. The maximum absolute atomic E-state index is 12.4. The number of carbonyl (C=O) groups is 4. The van der Waals surface area contributed by atoms with E-state index in [1.807, 2.05) is 6.26 Å². The lowest BCUT2D eigenvalue weighted by Crippen LogP contribution is -2.54. The van der Waals surface area contributed by atoms with Crippen molar-refractivity contribution in [1.82, 2.24) is 16.0 Å². The second-order valence-corrected chi connectivity index (χ2v) is 7.24. The zero-order valence-electron chi connectivity index (χ0n) is 16.8. The Kier molecular flexibility index (Phi) is 14.0. The van der Waals surface area contributed by atoms with Gasteiger partial charge in [0.2, 0.25) is 17.7 Å². The Hall–Kier alpha value is -2.58. The van der Waals surface area contributed by atoms with Crippen LogP contribution >= 0.6 is 11.8 Å². The lowest BCUT2D eigenvalue weighted by Gasteiger charge is -2.20. The van der Waals surface area contributed by atoms with Crippen LogP contribution in [0.2, 0.25) is 0 Å². The maximum Gasteiger partial charge on any atom is 0.328 e. The molecule has 30 heavy (non-hydrogen) atoms. The zero-order chi connectivity index (χ0) is 23.1. The number of guanidine groups is 1. The van der Waals surface area contributed by atoms with Crippen molar-refractivity contribution in [2.45, 2.75) is 37.4 Å². The fourth-order valence-corrected chi connectivity index (χ4v) is 2.63. The van der Waals surface area contributed by atoms with E-state index in [0.29, 0.717) is 31.6 Å². The molecule has 0 aliphatic carbocycles. The molecule has 0 saturated carbocycles. The van der Waals surface area contributed by atoms with E-state index in [-0.39, 0.29) is 5.96 Å². The number of aliphatic carboxylic acids is 1. The molecule has 3 atom stereocenters. The summed E-state index contributed by atoms with van der Waals surface area (Å²) < 4.78 is 0. The van der Waals surface area contributed by atoms with Gasteiger partial charge in [-0.1, -0.05) is 0 Å². The molecule has 0 rings (SSSR count). The number of aliphatic imine (C=N–C) groups is 1. The molecule has 0 bridgehead atoms. The molecule has 0 heterocycles. The van der Waals surface area contributed by atoms with Gasteiger partial charge in [0, 0.05) is 6.54 Å².